The van der Waals surface area contributed by atoms with Gasteiger partial charge in [-0.3, -0.25) is 14.9 Å². The minimum Gasteiger partial charge on any atom is -0.364 e. The summed E-state index contributed by atoms with van der Waals surface area (Å²) in [6, 6.07) is 4.38. The third kappa shape index (κ3) is 2.59. The number of hydrogen-bond donors (Lipinski definition) is 1. The van der Waals surface area contributed by atoms with E-state index < -0.39 is 29.4 Å². The molecule has 0 saturated carbocycles. The molecular weight excluding hydrogens is 288 g/mol. The maximum Gasteiger partial charge on any atom is 0.287 e. The van der Waals surface area contributed by atoms with Crippen molar-refractivity contribution >= 4 is 17.3 Å². The number of hydrogen-bond acceptors (Lipinski definition) is 5. The van der Waals surface area contributed by atoms with Crippen molar-refractivity contribution in [1.82, 2.24) is 5.01 Å². The predicted molar refractivity (Wildman–Crippen MR) is 67.9 cm³/mol. The second-order valence-corrected chi connectivity index (χ2v) is 4.61. The molecule has 1 N–H and O–H groups in total. The van der Waals surface area contributed by atoms with E-state index in [-0.39, 0.29) is 17.0 Å². The summed E-state index contributed by atoms with van der Waals surface area (Å²) in [6.45, 7) is 1.41. The van der Waals surface area contributed by atoms with Crippen LogP contribution in [0.1, 0.15) is 23.7 Å². The lowest BCUT2D eigenvalue weighted by atomic mass is 10.1. The van der Waals surface area contributed by atoms with Gasteiger partial charge in [0.15, 0.2) is 0 Å². The molecule has 2 rings (SSSR count). The average Bonchev–Trinajstić information content (AvgIpc) is 2.74. The molecule has 0 saturated heterocycles. The van der Waals surface area contributed by atoms with Crippen molar-refractivity contribution in [2.45, 2.75) is 25.5 Å². The monoisotopic (exact) mass is 299 g/mol. The van der Waals surface area contributed by atoms with Gasteiger partial charge in [0.25, 0.3) is 18.0 Å². The van der Waals surface area contributed by atoms with Crippen molar-refractivity contribution in [1.29, 1.82) is 0 Å². The van der Waals surface area contributed by atoms with E-state index in [1.54, 1.807) is 0 Å². The van der Waals surface area contributed by atoms with E-state index >= 15 is 0 Å². The molecule has 112 valence electrons. The van der Waals surface area contributed by atoms with Crippen molar-refractivity contribution < 1.29 is 23.6 Å². The molecule has 9 heteroatoms. The molecule has 1 amide bonds. The van der Waals surface area contributed by atoms with Crippen LogP contribution < -0.4 is 0 Å². The smallest absolute Gasteiger partial charge is 0.287 e. The summed E-state index contributed by atoms with van der Waals surface area (Å²) in [4.78, 5) is 22.0. The van der Waals surface area contributed by atoms with Crippen LogP contribution in [0.25, 0.3) is 0 Å². The highest BCUT2D eigenvalue weighted by Crippen LogP contribution is 2.32. The third-order valence-electron chi connectivity index (χ3n) is 3.02. The van der Waals surface area contributed by atoms with Crippen molar-refractivity contribution in [2.24, 2.45) is 5.10 Å². The van der Waals surface area contributed by atoms with Gasteiger partial charge >= 0.3 is 0 Å². The lowest BCUT2D eigenvalue weighted by Gasteiger charge is -2.30. The molecule has 7 nitrogen and oxygen atoms in total. The van der Waals surface area contributed by atoms with Gasteiger partial charge < -0.3 is 5.11 Å². The van der Waals surface area contributed by atoms with E-state index in [2.05, 4.69) is 5.10 Å². The lowest BCUT2D eigenvalue weighted by Crippen LogP contribution is -2.51. The molecule has 1 aromatic carbocycles. The number of carbonyl (C=O) groups excluding carboxylic acids is 1. The number of carbonyl (C=O) groups is 1. The highest BCUT2D eigenvalue weighted by Gasteiger charge is 2.51. The highest BCUT2D eigenvalue weighted by atomic mass is 19.3. The minimum absolute atomic E-state index is 0.0851. The number of rotatable bonds is 3. The van der Waals surface area contributed by atoms with Crippen LogP contribution in [0.5, 0.6) is 0 Å². The van der Waals surface area contributed by atoms with Crippen LogP contribution in [0.15, 0.2) is 29.4 Å². The zero-order valence-electron chi connectivity index (χ0n) is 10.9. The van der Waals surface area contributed by atoms with Gasteiger partial charge in [-0.05, 0) is 19.1 Å². The van der Waals surface area contributed by atoms with Crippen LogP contribution >= 0.6 is 0 Å². The van der Waals surface area contributed by atoms with Crippen molar-refractivity contribution in [2.75, 3.05) is 0 Å². The Labute approximate surface area is 117 Å². The Bertz CT molecular complexity index is 617. The molecule has 1 atom stereocenters. The fourth-order valence-electron chi connectivity index (χ4n) is 1.98. The van der Waals surface area contributed by atoms with E-state index in [9.17, 15) is 28.8 Å². The number of non-ortho nitro benzene ring substituents is 1. The number of nitro groups is 1. The first kappa shape index (κ1) is 15.0. The molecule has 1 aliphatic heterocycles. The second-order valence-electron chi connectivity index (χ2n) is 4.61. The number of nitro benzene ring substituents is 1. The van der Waals surface area contributed by atoms with E-state index in [1.807, 2.05) is 0 Å². The molecule has 0 fully saturated rings. The lowest BCUT2D eigenvalue weighted by molar-refractivity contribution is -0.384. The topological polar surface area (TPSA) is 96.0 Å². The van der Waals surface area contributed by atoms with Gasteiger partial charge in [0.1, 0.15) is 0 Å². The Morgan fingerprint density at radius 3 is 2.52 bits per heavy atom. The average molecular weight is 299 g/mol. The first-order valence-electron chi connectivity index (χ1n) is 5.89. The fourth-order valence-corrected chi connectivity index (χ4v) is 1.98. The summed E-state index contributed by atoms with van der Waals surface area (Å²) in [7, 11) is 0. The standard InChI is InChI=1S/C12H11F2N3O4/c1-7-6-12(19,11(13)14)16(15-7)10(18)8-2-4-9(5-3-8)17(20)21/h2-5,11,19H,6H2,1H3/t12-/m0/s1. The van der Waals surface area contributed by atoms with Crippen LogP contribution in [0.2, 0.25) is 0 Å². The van der Waals surface area contributed by atoms with Gasteiger partial charge in [0, 0.05) is 29.8 Å². The summed E-state index contributed by atoms with van der Waals surface area (Å²) < 4.78 is 26.0. The highest BCUT2D eigenvalue weighted by molar-refractivity contribution is 5.97. The second kappa shape index (κ2) is 5.17. The number of halogens is 2. The minimum atomic E-state index is -3.19. The van der Waals surface area contributed by atoms with E-state index in [1.165, 1.54) is 6.92 Å². The number of amides is 1. The molecule has 0 spiro atoms. The largest absolute Gasteiger partial charge is 0.364 e. The zero-order valence-corrected chi connectivity index (χ0v) is 10.9. The van der Waals surface area contributed by atoms with Gasteiger partial charge in [0.05, 0.1) is 4.92 Å². The number of nitrogens with zero attached hydrogens (tertiary/aromatic N) is 3. The van der Waals surface area contributed by atoms with Gasteiger partial charge in [-0.25, -0.2) is 8.78 Å². The SMILES string of the molecule is CC1=NN(C(=O)c2ccc([N+](=O)[O-])cc2)[C@@](O)(C(F)F)C1. The van der Waals surface area contributed by atoms with Crippen molar-refractivity contribution in [3.8, 4) is 0 Å². The number of benzene rings is 1. The first-order chi connectivity index (χ1) is 9.75. The Morgan fingerprint density at radius 1 is 1.48 bits per heavy atom. The molecule has 0 unspecified atom stereocenters. The Hall–Kier alpha value is -2.42. The van der Waals surface area contributed by atoms with Gasteiger partial charge in [0.2, 0.25) is 5.72 Å². The molecule has 0 aliphatic carbocycles. The molecule has 0 radical (unpaired) electrons. The normalized spacial score (nSPS) is 21.6. The third-order valence-corrected chi connectivity index (χ3v) is 3.02. The molecule has 21 heavy (non-hydrogen) atoms. The molecular formula is C12H11F2N3O4. The van der Waals surface area contributed by atoms with Crippen molar-refractivity contribution in [3.63, 3.8) is 0 Å². The van der Waals surface area contributed by atoms with Crippen LogP contribution in [0.4, 0.5) is 14.5 Å². The Morgan fingerprint density at radius 2 is 2.05 bits per heavy atom. The first-order valence-corrected chi connectivity index (χ1v) is 5.89. The maximum atomic E-state index is 13.0. The number of aliphatic hydroxyl groups is 1. The quantitative estimate of drug-likeness (QED) is 0.679. The van der Waals surface area contributed by atoms with Gasteiger partial charge in [-0.1, -0.05) is 0 Å². The van der Waals surface area contributed by atoms with Gasteiger partial charge in [-0.2, -0.15) is 10.1 Å². The van der Waals surface area contributed by atoms with Crippen LogP contribution in [-0.2, 0) is 0 Å². The maximum absolute atomic E-state index is 13.0. The molecule has 1 aliphatic rings. The summed E-state index contributed by atoms with van der Waals surface area (Å²) in [6.07, 6.45) is -3.65. The summed E-state index contributed by atoms with van der Waals surface area (Å²) in [5, 5.41) is 24.4. The fraction of sp³-hybridized carbons (Fsp3) is 0.333. The van der Waals surface area contributed by atoms with Crippen LogP contribution in [-0.4, -0.2) is 38.8 Å². The van der Waals surface area contributed by atoms with Gasteiger partial charge in [-0.15, -0.1) is 0 Å². The predicted octanol–water partition coefficient (Wildman–Crippen LogP) is 1.77. The van der Waals surface area contributed by atoms with Crippen LogP contribution in [0.3, 0.4) is 0 Å². The van der Waals surface area contributed by atoms with Crippen molar-refractivity contribution in [3.05, 3.63) is 39.9 Å². The molecule has 0 aromatic heterocycles. The number of alkyl halides is 2. The molecule has 1 aromatic rings. The number of hydrazone groups is 1. The van der Waals surface area contributed by atoms with E-state index in [4.69, 9.17) is 0 Å². The van der Waals surface area contributed by atoms with E-state index in [0.717, 1.165) is 24.3 Å². The summed E-state index contributed by atoms with van der Waals surface area (Å²) in [5.74, 6) is -0.954. The Balaban J connectivity index is 2.32. The van der Waals surface area contributed by atoms with Crippen LogP contribution in [0, 0.1) is 10.1 Å². The molecule has 0 bridgehead atoms. The molecule has 1 heterocycles. The summed E-state index contributed by atoms with van der Waals surface area (Å²) >= 11 is 0. The van der Waals surface area contributed by atoms with E-state index in [0.29, 0.717) is 5.01 Å². The Kier molecular flexibility index (Phi) is 3.69. The summed E-state index contributed by atoms with van der Waals surface area (Å²) in [5.41, 5.74) is -2.83. The zero-order chi connectivity index (χ0) is 15.8.